The molecule has 0 bridgehead atoms. The van der Waals surface area contributed by atoms with E-state index in [0.29, 0.717) is 17.9 Å². The molecule has 6 nitrogen and oxygen atoms in total. The molecule has 148 valence electrons. The van der Waals surface area contributed by atoms with Crippen LogP contribution in [0.15, 0.2) is 47.4 Å². The van der Waals surface area contributed by atoms with Crippen molar-refractivity contribution in [1.29, 1.82) is 0 Å². The van der Waals surface area contributed by atoms with E-state index in [-0.39, 0.29) is 34.0 Å². The molecule has 3 N–H and O–H groups in total. The Labute approximate surface area is 172 Å². The fraction of sp³-hybridized carbons (Fsp3) is 0.263. The first-order chi connectivity index (χ1) is 13.2. The predicted molar refractivity (Wildman–Crippen MR) is 108 cm³/mol. The van der Waals surface area contributed by atoms with E-state index in [1.54, 1.807) is 0 Å². The minimum absolute atomic E-state index is 0.0333. The zero-order valence-electron chi connectivity index (χ0n) is 14.7. The number of halogens is 2. The van der Waals surface area contributed by atoms with Crippen LogP contribution in [0, 0.1) is 0 Å². The minimum Gasteiger partial charge on any atom is -0.366 e. The number of nitrogens with two attached hydrogens (primary N) is 1. The zero-order valence-corrected chi connectivity index (χ0v) is 17.1. The van der Waals surface area contributed by atoms with Crippen LogP contribution in [0.3, 0.4) is 0 Å². The van der Waals surface area contributed by atoms with Gasteiger partial charge in [0.25, 0.3) is 0 Å². The van der Waals surface area contributed by atoms with Gasteiger partial charge in [-0.15, -0.1) is 0 Å². The highest BCUT2D eigenvalue weighted by atomic mass is 35.5. The third-order valence-electron chi connectivity index (χ3n) is 4.96. The lowest BCUT2D eigenvalue weighted by molar-refractivity contribution is -0.118. The van der Waals surface area contributed by atoms with Crippen molar-refractivity contribution in [2.75, 3.05) is 5.32 Å². The van der Waals surface area contributed by atoms with Gasteiger partial charge < -0.3 is 11.1 Å². The number of hydrogen-bond acceptors (Lipinski definition) is 4. The van der Waals surface area contributed by atoms with Gasteiger partial charge in [0.15, 0.2) is 14.6 Å². The fourth-order valence-corrected chi connectivity index (χ4v) is 5.77. The van der Waals surface area contributed by atoms with Crippen molar-refractivity contribution in [3.63, 3.8) is 0 Å². The van der Waals surface area contributed by atoms with Crippen molar-refractivity contribution in [2.45, 2.75) is 35.3 Å². The number of primary amides is 1. The molecule has 0 radical (unpaired) electrons. The maximum Gasteiger partial charge on any atom is 0.248 e. The summed E-state index contributed by atoms with van der Waals surface area (Å²) in [5, 5.41) is 3.17. The van der Waals surface area contributed by atoms with Gasteiger partial charge in [0.2, 0.25) is 11.8 Å². The van der Waals surface area contributed by atoms with Crippen LogP contribution in [0.5, 0.6) is 0 Å². The molecule has 1 aliphatic carbocycles. The molecule has 2 aromatic rings. The zero-order chi connectivity index (χ0) is 20.5. The van der Waals surface area contributed by atoms with Gasteiger partial charge in [-0.05, 0) is 55.3 Å². The Morgan fingerprint density at radius 2 is 1.61 bits per heavy atom. The van der Waals surface area contributed by atoms with E-state index in [2.05, 4.69) is 5.32 Å². The Kier molecular flexibility index (Phi) is 5.70. The Balaban J connectivity index is 2.00. The van der Waals surface area contributed by atoms with E-state index < -0.39 is 26.4 Å². The summed E-state index contributed by atoms with van der Waals surface area (Å²) >= 11 is 12.0. The molecule has 1 aliphatic rings. The largest absolute Gasteiger partial charge is 0.366 e. The molecule has 2 aromatic carbocycles. The van der Waals surface area contributed by atoms with Gasteiger partial charge in [0, 0.05) is 10.6 Å². The van der Waals surface area contributed by atoms with Gasteiger partial charge in [-0.1, -0.05) is 36.0 Å². The number of rotatable bonds is 5. The number of anilines is 1. The summed E-state index contributed by atoms with van der Waals surface area (Å²) in [6, 6.07) is 9.92. The normalized spacial score (nSPS) is 15.9. The molecule has 0 heterocycles. The van der Waals surface area contributed by atoms with Crippen LogP contribution in [-0.4, -0.2) is 25.0 Å². The van der Waals surface area contributed by atoms with Crippen LogP contribution in [0.4, 0.5) is 5.69 Å². The second-order valence-corrected chi connectivity index (χ2v) is 9.78. The van der Waals surface area contributed by atoms with E-state index in [4.69, 9.17) is 28.9 Å². The molecule has 0 aliphatic heterocycles. The second kappa shape index (κ2) is 7.73. The number of hydrogen-bond donors (Lipinski definition) is 2. The Hall–Kier alpha value is -2.09. The van der Waals surface area contributed by atoms with Crippen molar-refractivity contribution in [3.05, 3.63) is 58.1 Å². The monoisotopic (exact) mass is 440 g/mol. The molecular weight excluding hydrogens is 423 g/mol. The van der Waals surface area contributed by atoms with Gasteiger partial charge in [-0.2, -0.15) is 0 Å². The van der Waals surface area contributed by atoms with Gasteiger partial charge in [0.05, 0.1) is 15.6 Å². The predicted octanol–water partition coefficient (Wildman–Crippen LogP) is 3.82. The number of sulfone groups is 1. The van der Waals surface area contributed by atoms with Gasteiger partial charge in [0.1, 0.15) is 0 Å². The Morgan fingerprint density at radius 3 is 2.18 bits per heavy atom. The van der Waals surface area contributed by atoms with E-state index >= 15 is 0 Å². The van der Waals surface area contributed by atoms with Crippen LogP contribution in [-0.2, 0) is 14.6 Å². The highest BCUT2D eigenvalue weighted by molar-refractivity contribution is 7.93. The molecule has 1 fully saturated rings. The number of benzene rings is 2. The topological polar surface area (TPSA) is 106 Å². The lowest BCUT2D eigenvalue weighted by Gasteiger charge is -2.28. The van der Waals surface area contributed by atoms with Crippen LogP contribution >= 0.6 is 23.2 Å². The highest BCUT2D eigenvalue weighted by Gasteiger charge is 2.53. The van der Waals surface area contributed by atoms with Crippen molar-refractivity contribution >= 4 is 50.5 Å². The molecule has 0 aromatic heterocycles. The first-order valence-corrected chi connectivity index (χ1v) is 10.8. The van der Waals surface area contributed by atoms with Crippen LogP contribution in [0.2, 0.25) is 10.0 Å². The third-order valence-corrected chi connectivity index (χ3v) is 8.06. The quantitative estimate of drug-likeness (QED) is 0.736. The second-order valence-electron chi connectivity index (χ2n) is 6.67. The molecule has 1 saturated carbocycles. The summed E-state index contributed by atoms with van der Waals surface area (Å²) in [6.45, 7) is 0. The molecule has 9 heteroatoms. The summed E-state index contributed by atoms with van der Waals surface area (Å²) in [6.07, 6.45) is 1.60. The lowest BCUT2D eigenvalue weighted by Crippen LogP contribution is -2.47. The van der Waals surface area contributed by atoms with E-state index in [0.717, 1.165) is 0 Å². The van der Waals surface area contributed by atoms with Crippen LogP contribution in [0.25, 0.3) is 0 Å². The van der Waals surface area contributed by atoms with E-state index in [1.807, 2.05) is 0 Å². The molecule has 3 rings (SSSR count). The summed E-state index contributed by atoms with van der Waals surface area (Å²) in [7, 11) is -3.98. The number of nitrogens with one attached hydrogen (secondary N) is 1. The van der Waals surface area contributed by atoms with Gasteiger partial charge in [-0.3, -0.25) is 9.59 Å². The first kappa shape index (κ1) is 20.6. The first-order valence-electron chi connectivity index (χ1n) is 8.58. The summed E-state index contributed by atoms with van der Waals surface area (Å²) in [4.78, 5) is 24.6. The van der Waals surface area contributed by atoms with Crippen LogP contribution < -0.4 is 11.1 Å². The Bertz CT molecular complexity index is 1030. The highest BCUT2D eigenvalue weighted by Crippen LogP contribution is 2.42. The number of amides is 2. The average Bonchev–Trinajstić information content (AvgIpc) is 3.15. The smallest absolute Gasteiger partial charge is 0.248 e. The molecule has 28 heavy (non-hydrogen) atoms. The van der Waals surface area contributed by atoms with Crippen molar-refractivity contribution in [2.24, 2.45) is 5.73 Å². The van der Waals surface area contributed by atoms with E-state index in [9.17, 15) is 18.0 Å². The van der Waals surface area contributed by atoms with E-state index in [1.165, 1.54) is 42.5 Å². The number of carbonyl (C=O) groups excluding carboxylic acids is 2. The summed E-state index contributed by atoms with van der Waals surface area (Å²) < 4.78 is 25.1. The lowest BCUT2D eigenvalue weighted by atomic mass is 10.1. The van der Waals surface area contributed by atoms with Gasteiger partial charge >= 0.3 is 0 Å². The molecule has 0 unspecified atom stereocenters. The summed E-state index contributed by atoms with van der Waals surface area (Å²) in [5.74, 6) is -1.36. The van der Waals surface area contributed by atoms with Crippen molar-refractivity contribution in [1.82, 2.24) is 0 Å². The molecule has 0 saturated heterocycles. The molecule has 2 amide bonds. The summed E-state index contributed by atoms with van der Waals surface area (Å²) in [5.41, 5.74) is 5.56. The van der Waals surface area contributed by atoms with Crippen LogP contribution in [0.1, 0.15) is 36.0 Å². The van der Waals surface area contributed by atoms with Crippen molar-refractivity contribution in [3.8, 4) is 0 Å². The maximum atomic E-state index is 13.3. The minimum atomic E-state index is -3.98. The molecule has 0 spiro atoms. The fourth-order valence-electron chi connectivity index (χ4n) is 3.41. The van der Waals surface area contributed by atoms with Gasteiger partial charge in [-0.25, -0.2) is 8.42 Å². The Morgan fingerprint density at radius 1 is 1.00 bits per heavy atom. The SMILES string of the molecule is NC(=O)c1ccc(Cl)c(NC(=O)C2(S(=O)(=O)c3ccc(Cl)cc3)CCCC2)c1. The third kappa shape index (κ3) is 3.62. The van der Waals surface area contributed by atoms with Crippen molar-refractivity contribution < 1.29 is 18.0 Å². The maximum absolute atomic E-state index is 13.3. The average molecular weight is 441 g/mol. The molecular formula is C19H18Cl2N2O4S. The standard InChI is InChI=1S/C19H18Cl2N2O4S/c20-13-4-6-14(7-5-13)28(26,27)19(9-1-2-10-19)18(25)23-16-11-12(17(22)24)3-8-15(16)21/h3-8,11H,1-2,9-10H2,(H2,22,24)(H,23,25). The number of carbonyl (C=O) groups is 2. The molecule has 0 atom stereocenters.